The molecule has 0 heterocycles. The maximum Gasteiger partial charge on any atom is 0.122 e. The minimum atomic E-state index is -0.587. The summed E-state index contributed by atoms with van der Waals surface area (Å²) in [7, 11) is 0. The molecule has 0 aromatic heterocycles. The number of hydrogen-bond acceptors (Lipinski definition) is 3. The van der Waals surface area contributed by atoms with E-state index in [0.717, 1.165) is 35.3 Å². The molecule has 3 aromatic rings. The smallest absolute Gasteiger partial charge is 0.122 e. The summed E-state index contributed by atoms with van der Waals surface area (Å²) < 4.78 is 5.89. The van der Waals surface area contributed by atoms with Crippen LogP contribution in [0.2, 0.25) is 0 Å². The molecule has 3 nitrogen and oxygen atoms in total. The molecule has 2 atom stereocenters. The number of aryl methyl sites for hydroxylation is 1. The van der Waals surface area contributed by atoms with Crippen molar-refractivity contribution in [1.29, 1.82) is 0 Å². The third-order valence-corrected chi connectivity index (χ3v) is 5.24. The van der Waals surface area contributed by atoms with Gasteiger partial charge in [-0.1, -0.05) is 92.2 Å². The molecule has 3 aromatic carbocycles. The van der Waals surface area contributed by atoms with Crippen molar-refractivity contribution in [1.82, 2.24) is 0 Å². The molecule has 3 rings (SSSR count). The Balaban J connectivity index is 1.51. The second-order valence-corrected chi connectivity index (χ2v) is 7.80. The summed E-state index contributed by atoms with van der Waals surface area (Å²) in [5, 5.41) is 20.9. The Morgan fingerprint density at radius 3 is 2.48 bits per heavy atom. The SMILES string of the molecule is CCCc1ccccc1OCC[C@@H](O)/C=C/c1cccc([C@@H](O)Cc2ccccc2)c1. The lowest BCUT2D eigenvalue weighted by molar-refractivity contribution is 0.178. The van der Waals surface area contributed by atoms with Crippen LogP contribution in [0.5, 0.6) is 5.75 Å². The zero-order valence-corrected chi connectivity index (χ0v) is 18.2. The number of hydrogen-bond donors (Lipinski definition) is 2. The van der Waals surface area contributed by atoms with E-state index >= 15 is 0 Å². The summed E-state index contributed by atoms with van der Waals surface area (Å²) in [6.07, 6.45) is 5.70. The van der Waals surface area contributed by atoms with Gasteiger partial charge < -0.3 is 14.9 Å². The van der Waals surface area contributed by atoms with Gasteiger partial charge in [-0.2, -0.15) is 0 Å². The molecule has 0 fully saturated rings. The van der Waals surface area contributed by atoms with Crippen molar-refractivity contribution in [3.63, 3.8) is 0 Å². The van der Waals surface area contributed by atoms with E-state index < -0.39 is 12.2 Å². The molecule has 0 aliphatic carbocycles. The Hall–Kier alpha value is -2.88. The lowest BCUT2D eigenvalue weighted by atomic mass is 9.99. The van der Waals surface area contributed by atoms with Gasteiger partial charge in [-0.25, -0.2) is 0 Å². The average Bonchev–Trinajstić information content (AvgIpc) is 2.80. The third kappa shape index (κ3) is 7.39. The number of para-hydroxylation sites is 1. The van der Waals surface area contributed by atoms with E-state index in [2.05, 4.69) is 13.0 Å². The molecule has 0 saturated carbocycles. The van der Waals surface area contributed by atoms with Crippen LogP contribution in [0, 0.1) is 0 Å². The third-order valence-electron chi connectivity index (χ3n) is 5.24. The second kappa shape index (κ2) is 12.1. The van der Waals surface area contributed by atoms with Crippen molar-refractivity contribution in [2.45, 2.75) is 44.8 Å². The summed E-state index contributed by atoms with van der Waals surface area (Å²) >= 11 is 0. The Morgan fingerprint density at radius 2 is 1.68 bits per heavy atom. The lowest BCUT2D eigenvalue weighted by Gasteiger charge is -2.13. The van der Waals surface area contributed by atoms with E-state index in [1.165, 1.54) is 5.56 Å². The largest absolute Gasteiger partial charge is 0.493 e. The van der Waals surface area contributed by atoms with Gasteiger partial charge in [0, 0.05) is 12.8 Å². The first-order valence-electron chi connectivity index (χ1n) is 11.0. The van der Waals surface area contributed by atoms with Crippen molar-refractivity contribution < 1.29 is 14.9 Å². The summed E-state index contributed by atoms with van der Waals surface area (Å²) in [6.45, 7) is 2.61. The highest BCUT2D eigenvalue weighted by Gasteiger charge is 2.09. The second-order valence-electron chi connectivity index (χ2n) is 7.80. The van der Waals surface area contributed by atoms with Crippen LogP contribution in [-0.2, 0) is 12.8 Å². The van der Waals surface area contributed by atoms with Crippen LogP contribution >= 0.6 is 0 Å². The van der Waals surface area contributed by atoms with Gasteiger partial charge in [0.05, 0.1) is 18.8 Å². The molecule has 31 heavy (non-hydrogen) atoms. The van der Waals surface area contributed by atoms with Crippen molar-refractivity contribution >= 4 is 6.08 Å². The fourth-order valence-electron chi connectivity index (χ4n) is 3.55. The molecule has 0 aliphatic heterocycles. The Morgan fingerprint density at radius 1 is 0.903 bits per heavy atom. The molecule has 0 bridgehead atoms. The first-order valence-corrected chi connectivity index (χ1v) is 11.0. The number of ether oxygens (including phenoxy) is 1. The van der Waals surface area contributed by atoms with Crippen molar-refractivity contribution in [2.24, 2.45) is 0 Å². The van der Waals surface area contributed by atoms with Gasteiger partial charge in [0.2, 0.25) is 0 Å². The van der Waals surface area contributed by atoms with Gasteiger partial charge in [0.25, 0.3) is 0 Å². The van der Waals surface area contributed by atoms with E-state index in [4.69, 9.17) is 4.74 Å². The van der Waals surface area contributed by atoms with E-state index in [0.29, 0.717) is 19.4 Å². The Kier molecular flexibility index (Phi) is 8.89. The first kappa shape index (κ1) is 22.8. The van der Waals surface area contributed by atoms with Crippen LogP contribution in [0.25, 0.3) is 6.08 Å². The van der Waals surface area contributed by atoms with Gasteiger partial charge in [-0.05, 0) is 40.8 Å². The Labute approximate surface area is 185 Å². The van der Waals surface area contributed by atoms with Crippen LogP contribution in [0.15, 0.2) is 84.9 Å². The highest BCUT2D eigenvalue weighted by molar-refractivity contribution is 5.51. The van der Waals surface area contributed by atoms with Crippen LogP contribution < -0.4 is 4.74 Å². The number of rotatable bonds is 11. The molecule has 0 radical (unpaired) electrons. The monoisotopic (exact) mass is 416 g/mol. The standard InChI is InChI=1S/C28H32O3/c1-2-9-24-13-6-7-15-28(24)31-19-18-26(29)17-16-23-12-8-14-25(20-23)27(30)21-22-10-4-3-5-11-22/h3-8,10-17,20,26-27,29-30H,2,9,18-19,21H2,1H3/b17-16+/t26-,27-/m0/s1. The minimum absolute atomic E-state index is 0.460. The van der Waals surface area contributed by atoms with E-state index in [-0.39, 0.29) is 0 Å². The zero-order chi connectivity index (χ0) is 21.9. The molecule has 0 amide bonds. The first-order chi connectivity index (χ1) is 15.2. The van der Waals surface area contributed by atoms with Gasteiger partial charge >= 0.3 is 0 Å². The summed E-state index contributed by atoms with van der Waals surface area (Å²) in [5.41, 5.74) is 4.14. The van der Waals surface area contributed by atoms with Crippen molar-refractivity contribution in [3.05, 3.63) is 107 Å². The van der Waals surface area contributed by atoms with Crippen molar-refractivity contribution in [3.8, 4) is 5.75 Å². The zero-order valence-electron chi connectivity index (χ0n) is 18.2. The molecule has 0 spiro atoms. The molecule has 3 heteroatoms. The molecule has 162 valence electrons. The minimum Gasteiger partial charge on any atom is -0.493 e. The summed E-state index contributed by atoms with van der Waals surface area (Å²) in [5.74, 6) is 0.903. The molecular formula is C28H32O3. The highest BCUT2D eigenvalue weighted by Crippen LogP contribution is 2.21. The van der Waals surface area contributed by atoms with E-state index in [9.17, 15) is 10.2 Å². The summed E-state index contributed by atoms with van der Waals surface area (Å²) in [4.78, 5) is 0. The Bertz CT molecular complexity index is 949. The normalized spacial score (nSPS) is 13.3. The average molecular weight is 417 g/mol. The molecule has 0 unspecified atom stereocenters. The van der Waals surface area contributed by atoms with Gasteiger partial charge in [-0.15, -0.1) is 0 Å². The van der Waals surface area contributed by atoms with Gasteiger partial charge in [0.1, 0.15) is 5.75 Å². The fourth-order valence-corrected chi connectivity index (χ4v) is 3.55. The van der Waals surface area contributed by atoms with Crippen LogP contribution in [0.4, 0.5) is 0 Å². The predicted molar refractivity (Wildman–Crippen MR) is 127 cm³/mol. The number of aliphatic hydroxyl groups is 2. The van der Waals surface area contributed by atoms with Crippen LogP contribution in [0.1, 0.15) is 48.1 Å². The fraction of sp³-hybridized carbons (Fsp3) is 0.286. The van der Waals surface area contributed by atoms with Crippen LogP contribution in [0.3, 0.4) is 0 Å². The van der Waals surface area contributed by atoms with Crippen molar-refractivity contribution in [2.75, 3.05) is 6.61 Å². The quantitative estimate of drug-likeness (QED) is 0.418. The summed E-state index contributed by atoms with van der Waals surface area (Å²) in [6, 6.07) is 25.9. The lowest BCUT2D eigenvalue weighted by Crippen LogP contribution is -2.09. The van der Waals surface area contributed by atoms with Crippen LogP contribution in [-0.4, -0.2) is 22.9 Å². The van der Waals surface area contributed by atoms with E-state index in [1.54, 1.807) is 6.08 Å². The molecule has 2 N–H and O–H groups in total. The number of aliphatic hydroxyl groups excluding tert-OH is 2. The van der Waals surface area contributed by atoms with Gasteiger partial charge in [-0.3, -0.25) is 0 Å². The maximum absolute atomic E-state index is 10.6. The molecular weight excluding hydrogens is 384 g/mol. The van der Waals surface area contributed by atoms with E-state index in [1.807, 2.05) is 78.9 Å². The highest BCUT2D eigenvalue weighted by atomic mass is 16.5. The predicted octanol–water partition coefficient (Wildman–Crippen LogP) is 5.76. The molecule has 0 saturated heterocycles. The topological polar surface area (TPSA) is 49.7 Å². The maximum atomic E-state index is 10.6. The number of benzene rings is 3. The molecule has 0 aliphatic rings. The van der Waals surface area contributed by atoms with Gasteiger partial charge in [0.15, 0.2) is 0 Å².